The van der Waals surface area contributed by atoms with Crippen molar-refractivity contribution in [3.63, 3.8) is 0 Å². The van der Waals surface area contributed by atoms with Crippen molar-refractivity contribution in [2.75, 3.05) is 13.2 Å². The molecule has 1 aromatic heterocycles. The van der Waals surface area contributed by atoms with Crippen LogP contribution in [-0.4, -0.2) is 57.6 Å². The summed E-state index contributed by atoms with van der Waals surface area (Å²) in [5.41, 5.74) is 3.38. The molecule has 1 fully saturated rings. The monoisotopic (exact) mass is 512 g/mol. The number of nitrogens with zero attached hydrogens (tertiary/aromatic N) is 1. The third-order valence-corrected chi connectivity index (χ3v) is 6.94. The van der Waals surface area contributed by atoms with Gasteiger partial charge in [0.1, 0.15) is 24.0 Å². The maximum atomic E-state index is 13.5. The molecule has 2 aromatic rings. The van der Waals surface area contributed by atoms with E-state index in [2.05, 4.69) is 10.1 Å². The lowest BCUT2D eigenvalue weighted by molar-refractivity contribution is -0.144. The SMILES string of the molecule is CCOC(=O)[C@H](C)NP(=O)(OC[C@H]1O[C@@H](n2ccc(=O)[nH]c2=O)[C@](C)(N)[C@@H]1O)Oc1ccccc1. The van der Waals surface area contributed by atoms with E-state index >= 15 is 0 Å². The van der Waals surface area contributed by atoms with Gasteiger partial charge >= 0.3 is 19.4 Å². The standard InChI is InChI=1S/C21H29N4O9P/c1-4-31-18(28)13(2)24-35(30,34-14-8-6-5-7-9-14)32-12-15-17(27)21(3,22)19(33-15)25-11-10-16(26)23-20(25)29/h5-11,13,15,17,19,27H,4,12,22H2,1-3H3,(H,24,30)(H,23,26,29)/t13-,15+,17+,19+,21+,35?/m0/s1. The molecule has 6 atom stereocenters. The number of para-hydroxylation sites is 1. The summed E-state index contributed by atoms with van der Waals surface area (Å²) in [5, 5.41) is 13.3. The number of nitrogens with two attached hydrogens (primary N) is 1. The number of aliphatic hydroxyl groups is 1. The first kappa shape index (κ1) is 26.8. The molecule has 14 heteroatoms. The van der Waals surface area contributed by atoms with Crippen LogP contribution in [0.15, 0.2) is 52.2 Å². The van der Waals surface area contributed by atoms with Gasteiger partial charge in [0, 0.05) is 12.3 Å². The third-order valence-electron chi connectivity index (χ3n) is 5.30. The van der Waals surface area contributed by atoms with Crippen LogP contribution in [0.4, 0.5) is 0 Å². The number of aromatic amines is 1. The van der Waals surface area contributed by atoms with Crippen molar-refractivity contribution in [3.05, 3.63) is 63.4 Å². The maximum Gasteiger partial charge on any atom is 0.459 e. The summed E-state index contributed by atoms with van der Waals surface area (Å²) in [6.45, 7) is 4.17. The molecule has 3 rings (SSSR count). The largest absolute Gasteiger partial charge is 0.465 e. The van der Waals surface area contributed by atoms with Gasteiger partial charge in [-0.2, -0.15) is 5.09 Å². The van der Waals surface area contributed by atoms with Gasteiger partial charge < -0.3 is 24.8 Å². The second kappa shape index (κ2) is 10.9. The number of aromatic nitrogens is 2. The molecule has 1 aromatic carbocycles. The van der Waals surface area contributed by atoms with Crippen LogP contribution in [0.1, 0.15) is 27.0 Å². The minimum atomic E-state index is -4.20. The second-order valence-corrected chi connectivity index (χ2v) is 9.85. The Labute approximate surface area is 200 Å². The number of hydrogen-bond donors (Lipinski definition) is 4. The first-order valence-electron chi connectivity index (χ1n) is 10.8. The lowest BCUT2D eigenvalue weighted by atomic mass is 9.93. The maximum absolute atomic E-state index is 13.5. The number of hydrogen-bond acceptors (Lipinski definition) is 10. The molecule has 0 saturated carbocycles. The van der Waals surface area contributed by atoms with Crippen LogP contribution in [0.5, 0.6) is 5.75 Å². The number of aliphatic hydroxyl groups excluding tert-OH is 1. The highest BCUT2D eigenvalue weighted by Crippen LogP contribution is 2.46. The molecular weight excluding hydrogens is 483 g/mol. The molecule has 192 valence electrons. The zero-order valence-corrected chi connectivity index (χ0v) is 20.3. The van der Waals surface area contributed by atoms with Gasteiger partial charge in [-0.1, -0.05) is 18.2 Å². The molecule has 2 heterocycles. The minimum absolute atomic E-state index is 0.123. The number of esters is 1. The number of ether oxygens (including phenoxy) is 2. The average molecular weight is 512 g/mol. The van der Waals surface area contributed by atoms with Gasteiger partial charge in [0.15, 0.2) is 6.23 Å². The fourth-order valence-corrected chi connectivity index (χ4v) is 4.98. The van der Waals surface area contributed by atoms with Crippen molar-refractivity contribution in [3.8, 4) is 5.75 Å². The van der Waals surface area contributed by atoms with Crippen LogP contribution in [0.2, 0.25) is 0 Å². The molecule has 1 unspecified atom stereocenters. The van der Waals surface area contributed by atoms with Gasteiger partial charge in [0.2, 0.25) is 0 Å². The Balaban J connectivity index is 1.80. The number of H-pyrrole nitrogens is 1. The van der Waals surface area contributed by atoms with E-state index in [1.165, 1.54) is 20.0 Å². The van der Waals surface area contributed by atoms with Gasteiger partial charge in [-0.25, -0.2) is 9.36 Å². The van der Waals surface area contributed by atoms with Gasteiger partial charge in [0.25, 0.3) is 5.56 Å². The molecule has 1 saturated heterocycles. The lowest BCUT2D eigenvalue weighted by Gasteiger charge is -2.28. The van der Waals surface area contributed by atoms with Gasteiger partial charge in [-0.15, -0.1) is 0 Å². The highest BCUT2D eigenvalue weighted by atomic mass is 31.2. The zero-order chi connectivity index (χ0) is 25.8. The second-order valence-electron chi connectivity index (χ2n) is 8.16. The van der Waals surface area contributed by atoms with Crippen molar-refractivity contribution in [1.82, 2.24) is 14.6 Å². The quantitative estimate of drug-likeness (QED) is 0.253. The number of rotatable bonds is 10. The van der Waals surface area contributed by atoms with Gasteiger partial charge in [-0.05, 0) is 32.9 Å². The topological polar surface area (TPSA) is 184 Å². The predicted octanol–water partition coefficient (Wildman–Crippen LogP) is 0.257. The Morgan fingerprint density at radius 1 is 1.34 bits per heavy atom. The van der Waals surface area contributed by atoms with E-state index in [0.29, 0.717) is 0 Å². The van der Waals surface area contributed by atoms with Crippen LogP contribution in [-0.2, 0) is 23.4 Å². The first-order valence-corrected chi connectivity index (χ1v) is 12.4. The molecule has 35 heavy (non-hydrogen) atoms. The van der Waals surface area contributed by atoms with Gasteiger partial charge in [-0.3, -0.25) is 23.7 Å². The normalized spacial score (nSPS) is 26.6. The van der Waals surface area contributed by atoms with Crippen molar-refractivity contribution >= 4 is 13.7 Å². The number of nitrogens with one attached hydrogen (secondary N) is 2. The molecular formula is C21H29N4O9P. The van der Waals surface area contributed by atoms with Crippen LogP contribution in [0.25, 0.3) is 0 Å². The van der Waals surface area contributed by atoms with E-state index in [1.807, 2.05) is 0 Å². The van der Waals surface area contributed by atoms with Crippen molar-refractivity contribution in [2.45, 2.75) is 50.8 Å². The number of carbonyl (C=O) groups is 1. The smallest absolute Gasteiger partial charge is 0.459 e. The molecule has 1 aliphatic heterocycles. The Morgan fingerprint density at radius 2 is 2.03 bits per heavy atom. The van der Waals surface area contributed by atoms with E-state index in [9.17, 15) is 24.1 Å². The van der Waals surface area contributed by atoms with E-state index in [4.69, 9.17) is 24.3 Å². The Bertz CT molecular complexity index is 1180. The van der Waals surface area contributed by atoms with Crippen LogP contribution >= 0.6 is 7.75 Å². The predicted molar refractivity (Wildman–Crippen MR) is 124 cm³/mol. The van der Waals surface area contributed by atoms with E-state index in [0.717, 1.165) is 10.6 Å². The van der Waals surface area contributed by atoms with Crippen LogP contribution in [0, 0.1) is 0 Å². The Kier molecular flexibility index (Phi) is 8.31. The highest BCUT2D eigenvalue weighted by Gasteiger charge is 2.52. The van der Waals surface area contributed by atoms with Gasteiger partial charge in [0.05, 0.1) is 18.8 Å². The summed E-state index contributed by atoms with van der Waals surface area (Å²) < 4.78 is 36.4. The average Bonchev–Trinajstić information content (AvgIpc) is 3.02. The summed E-state index contributed by atoms with van der Waals surface area (Å²) in [5.74, 6) is -0.467. The molecule has 0 radical (unpaired) electrons. The molecule has 5 N–H and O–H groups in total. The zero-order valence-electron chi connectivity index (χ0n) is 19.5. The fraction of sp³-hybridized carbons (Fsp3) is 0.476. The minimum Gasteiger partial charge on any atom is -0.465 e. The van der Waals surface area contributed by atoms with E-state index in [1.54, 1.807) is 37.3 Å². The van der Waals surface area contributed by atoms with Crippen LogP contribution < -0.4 is 26.6 Å². The van der Waals surface area contributed by atoms with E-state index in [-0.39, 0.29) is 12.4 Å². The van der Waals surface area contributed by atoms with Crippen LogP contribution in [0.3, 0.4) is 0 Å². The molecule has 1 aliphatic rings. The molecule has 13 nitrogen and oxygen atoms in total. The third kappa shape index (κ3) is 6.26. The Hall–Kier alpha value is -2.80. The number of carbonyl (C=O) groups excluding carboxylic acids is 1. The lowest BCUT2D eigenvalue weighted by Crippen LogP contribution is -2.53. The fourth-order valence-electron chi connectivity index (χ4n) is 3.48. The molecule has 0 bridgehead atoms. The number of benzene rings is 1. The molecule has 0 aliphatic carbocycles. The summed E-state index contributed by atoms with van der Waals surface area (Å²) >= 11 is 0. The summed E-state index contributed by atoms with van der Waals surface area (Å²) in [6.07, 6.45) is -2.48. The van der Waals surface area contributed by atoms with Crippen molar-refractivity contribution in [1.29, 1.82) is 0 Å². The molecule has 0 spiro atoms. The first-order chi connectivity index (χ1) is 16.5. The summed E-state index contributed by atoms with van der Waals surface area (Å²) in [7, 11) is -4.20. The van der Waals surface area contributed by atoms with E-state index < -0.39 is 61.6 Å². The summed E-state index contributed by atoms with van der Waals surface area (Å²) in [4.78, 5) is 37.8. The Morgan fingerprint density at radius 3 is 2.66 bits per heavy atom. The van der Waals surface area contributed by atoms with Crippen molar-refractivity contribution in [2.24, 2.45) is 5.73 Å². The van der Waals surface area contributed by atoms with Crippen molar-refractivity contribution < 1.29 is 33.0 Å². The summed E-state index contributed by atoms with van der Waals surface area (Å²) in [6, 6.07) is 8.20. The highest BCUT2D eigenvalue weighted by molar-refractivity contribution is 7.52. The molecule has 0 amide bonds.